The largest absolute Gasteiger partial charge is 0.493 e. The van der Waals surface area contributed by atoms with Crippen LogP contribution < -0.4 is 18.9 Å². The Morgan fingerprint density at radius 2 is 1.54 bits per heavy atom. The molecule has 0 spiro atoms. The van der Waals surface area contributed by atoms with Gasteiger partial charge in [-0.25, -0.2) is 4.79 Å². The van der Waals surface area contributed by atoms with E-state index in [1.165, 1.54) is 12.1 Å². The average molecular weight is 397 g/mol. The SMILES string of the molecule is COc1cc(Br)cc(OC)c1OCCOc1ccc(C(=O)O)cc1. The zero-order valence-electron chi connectivity index (χ0n) is 13.2. The van der Waals surface area contributed by atoms with E-state index >= 15 is 0 Å². The van der Waals surface area contributed by atoms with Gasteiger partial charge in [0.05, 0.1) is 19.8 Å². The third-order valence-electron chi connectivity index (χ3n) is 3.13. The van der Waals surface area contributed by atoms with Gasteiger partial charge in [0.2, 0.25) is 5.75 Å². The van der Waals surface area contributed by atoms with E-state index in [0.29, 0.717) is 23.0 Å². The highest BCUT2D eigenvalue weighted by Crippen LogP contribution is 2.40. The quantitative estimate of drug-likeness (QED) is 0.686. The van der Waals surface area contributed by atoms with Crippen molar-refractivity contribution in [2.24, 2.45) is 0 Å². The molecule has 0 atom stereocenters. The van der Waals surface area contributed by atoms with Gasteiger partial charge in [-0.2, -0.15) is 0 Å². The van der Waals surface area contributed by atoms with Crippen LogP contribution in [-0.2, 0) is 0 Å². The number of benzene rings is 2. The molecule has 0 aliphatic carbocycles. The standard InChI is InChI=1S/C17H17BrO6/c1-21-14-9-12(18)10-15(22-2)16(14)24-8-7-23-13-5-3-11(4-6-13)17(19)20/h3-6,9-10H,7-8H2,1-2H3,(H,19,20). The summed E-state index contributed by atoms with van der Waals surface area (Å²) >= 11 is 3.38. The van der Waals surface area contributed by atoms with Crippen LogP contribution in [0.1, 0.15) is 10.4 Å². The second kappa shape index (κ2) is 8.44. The molecule has 0 saturated carbocycles. The van der Waals surface area contributed by atoms with E-state index in [9.17, 15) is 4.79 Å². The summed E-state index contributed by atoms with van der Waals surface area (Å²) in [6, 6.07) is 9.74. The number of halogens is 1. The molecule has 0 fully saturated rings. The van der Waals surface area contributed by atoms with Gasteiger partial charge in [0.25, 0.3) is 0 Å². The molecule has 2 aromatic carbocycles. The van der Waals surface area contributed by atoms with E-state index in [1.807, 2.05) is 0 Å². The van der Waals surface area contributed by atoms with Gasteiger partial charge in [-0.15, -0.1) is 0 Å². The highest BCUT2D eigenvalue weighted by Gasteiger charge is 2.13. The maximum absolute atomic E-state index is 10.8. The van der Waals surface area contributed by atoms with Crippen molar-refractivity contribution in [1.82, 2.24) is 0 Å². The number of hydrogen-bond acceptors (Lipinski definition) is 5. The summed E-state index contributed by atoms with van der Waals surface area (Å²) in [5.74, 6) is 1.18. The third kappa shape index (κ3) is 4.55. The van der Waals surface area contributed by atoms with E-state index < -0.39 is 5.97 Å². The van der Waals surface area contributed by atoms with Crippen molar-refractivity contribution >= 4 is 21.9 Å². The van der Waals surface area contributed by atoms with Crippen LogP contribution in [-0.4, -0.2) is 38.5 Å². The van der Waals surface area contributed by atoms with Gasteiger partial charge in [0.1, 0.15) is 19.0 Å². The number of carboxylic acid groups (broad SMARTS) is 1. The molecule has 0 aliphatic heterocycles. The highest BCUT2D eigenvalue weighted by molar-refractivity contribution is 9.10. The molecule has 0 saturated heterocycles. The molecule has 0 aliphatic rings. The molecular formula is C17H17BrO6. The Balaban J connectivity index is 1.93. The molecule has 0 amide bonds. The van der Waals surface area contributed by atoms with Gasteiger partial charge in [-0.3, -0.25) is 0 Å². The van der Waals surface area contributed by atoms with Crippen molar-refractivity contribution in [3.63, 3.8) is 0 Å². The smallest absolute Gasteiger partial charge is 0.335 e. The molecule has 24 heavy (non-hydrogen) atoms. The number of hydrogen-bond donors (Lipinski definition) is 1. The van der Waals surface area contributed by atoms with Crippen molar-refractivity contribution in [3.05, 3.63) is 46.4 Å². The second-order valence-corrected chi connectivity index (χ2v) is 5.58. The maximum Gasteiger partial charge on any atom is 0.335 e. The zero-order valence-corrected chi connectivity index (χ0v) is 14.8. The van der Waals surface area contributed by atoms with E-state index in [1.54, 1.807) is 38.5 Å². The minimum Gasteiger partial charge on any atom is -0.493 e. The molecule has 0 unspecified atom stereocenters. The minimum absolute atomic E-state index is 0.211. The first-order valence-corrected chi connectivity index (χ1v) is 7.85. The molecule has 6 nitrogen and oxygen atoms in total. The van der Waals surface area contributed by atoms with Crippen LogP contribution >= 0.6 is 15.9 Å². The molecule has 0 heterocycles. The zero-order chi connectivity index (χ0) is 17.5. The first-order chi connectivity index (χ1) is 11.5. The van der Waals surface area contributed by atoms with Crippen LogP contribution in [0.25, 0.3) is 0 Å². The Bertz CT molecular complexity index is 674. The van der Waals surface area contributed by atoms with E-state index in [2.05, 4.69) is 15.9 Å². The van der Waals surface area contributed by atoms with Gasteiger partial charge in [-0.1, -0.05) is 15.9 Å². The summed E-state index contributed by atoms with van der Waals surface area (Å²) in [4.78, 5) is 10.8. The lowest BCUT2D eigenvalue weighted by molar-refractivity contribution is 0.0697. The monoisotopic (exact) mass is 396 g/mol. The van der Waals surface area contributed by atoms with Crippen molar-refractivity contribution in [2.45, 2.75) is 0 Å². The highest BCUT2D eigenvalue weighted by atomic mass is 79.9. The molecule has 7 heteroatoms. The lowest BCUT2D eigenvalue weighted by atomic mass is 10.2. The van der Waals surface area contributed by atoms with E-state index in [0.717, 1.165) is 4.47 Å². The van der Waals surface area contributed by atoms with Crippen molar-refractivity contribution in [1.29, 1.82) is 0 Å². The van der Waals surface area contributed by atoms with Crippen LogP contribution in [0.2, 0.25) is 0 Å². The lowest BCUT2D eigenvalue weighted by Gasteiger charge is -2.15. The lowest BCUT2D eigenvalue weighted by Crippen LogP contribution is -2.10. The average Bonchev–Trinajstić information content (AvgIpc) is 2.59. The number of rotatable bonds is 8. The predicted octanol–water partition coefficient (Wildman–Crippen LogP) is 3.62. The summed E-state index contributed by atoms with van der Waals surface area (Å²) in [5.41, 5.74) is 0.211. The number of methoxy groups -OCH3 is 2. The Hall–Kier alpha value is -2.41. The Morgan fingerprint density at radius 3 is 2.04 bits per heavy atom. The van der Waals surface area contributed by atoms with Crippen LogP contribution in [0.3, 0.4) is 0 Å². The van der Waals surface area contributed by atoms with Gasteiger partial charge in [-0.05, 0) is 36.4 Å². The van der Waals surface area contributed by atoms with Gasteiger partial charge in [0.15, 0.2) is 11.5 Å². The summed E-state index contributed by atoms with van der Waals surface area (Å²) < 4.78 is 22.6. The van der Waals surface area contributed by atoms with Crippen molar-refractivity contribution in [2.75, 3.05) is 27.4 Å². The van der Waals surface area contributed by atoms with E-state index in [4.69, 9.17) is 24.1 Å². The fourth-order valence-corrected chi connectivity index (χ4v) is 2.40. The summed E-state index contributed by atoms with van der Waals surface area (Å²) in [5, 5.41) is 8.85. The molecule has 2 aromatic rings. The van der Waals surface area contributed by atoms with Gasteiger partial charge < -0.3 is 24.1 Å². The Labute approximate surface area is 148 Å². The van der Waals surface area contributed by atoms with Gasteiger partial charge >= 0.3 is 5.97 Å². The first-order valence-electron chi connectivity index (χ1n) is 7.05. The Kier molecular flexibility index (Phi) is 6.31. The predicted molar refractivity (Wildman–Crippen MR) is 91.6 cm³/mol. The number of ether oxygens (including phenoxy) is 4. The molecule has 128 valence electrons. The maximum atomic E-state index is 10.8. The van der Waals surface area contributed by atoms with Crippen LogP contribution in [0.15, 0.2) is 40.9 Å². The van der Waals surface area contributed by atoms with Crippen LogP contribution in [0.5, 0.6) is 23.0 Å². The van der Waals surface area contributed by atoms with Crippen LogP contribution in [0.4, 0.5) is 0 Å². The van der Waals surface area contributed by atoms with Crippen molar-refractivity contribution < 1.29 is 28.8 Å². The second-order valence-electron chi connectivity index (χ2n) is 4.67. The van der Waals surface area contributed by atoms with Crippen LogP contribution in [0, 0.1) is 0 Å². The number of carbonyl (C=O) groups is 1. The first kappa shape index (κ1) is 17.9. The summed E-state index contributed by atoms with van der Waals surface area (Å²) in [6.07, 6.45) is 0. The molecule has 1 N–H and O–H groups in total. The molecular weight excluding hydrogens is 380 g/mol. The summed E-state index contributed by atoms with van der Waals surface area (Å²) in [6.45, 7) is 0.559. The van der Waals surface area contributed by atoms with Gasteiger partial charge in [0, 0.05) is 4.47 Å². The number of aromatic carboxylic acids is 1. The molecule has 0 aromatic heterocycles. The van der Waals surface area contributed by atoms with Crippen molar-refractivity contribution in [3.8, 4) is 23.0 Å². The minimum atomic E-state index is -0.973. The van der Waals surface area contributed by atoms with E-state index in [-0.39, 0.29) is 18.8 Å². The topological polar surface area (TPSA) is 74.2 Å². The fourth-order valence-electron chi connectivity index (χ4n) is 1.99. The molecule has 0 bridgehead atoms. The third-order valence-corrected chi connectivity index (χ3v) is 3.58. The number of carboxylic acids is 1. The normalized spacial score (nSPS) is 10.1. The Morgan fingerprint density at radius 1 is 1.00 bits per heavy atom. The molecule has 0 radical (unpaired) electrons. The molecule has 2 rings (SSSR count). The summed E-state index contributed by atoms with van der Waals surface area (Å²) in [7, 11) is 3.10. The fraction of sp³-hybridized carbons (Fsp3) is 0.235.